The molecule has 6 aromatic rings. The Balaban J connectivity index is 0.000000206. The lowest BCUT2D eigenvalue weighted by Gasteiger charge is -2.19. The molecule has 4 aliphatic carbocycles. The summed E-state index contributed by atoms with van der Waals surface area (Å²) in [6.45, 7) is -2.34. The number of anilines is 2. The molecule has 10 rings (SSSR count). The quantitative estimate of drug-likeness (QED) is 0.0259. The first-order valence-electron chi connectivity index (χ1n) is 27.0. The lowest BCUT2D eigenvalue weighted by molar-refractivity contribution is -0.155. The molecule has 0 atom stereocenters. The van der Waals surface area contributed by atoms with Crippen LogP contribution in [0.4, 0.5) is 38.2 Å². The molecule has 2 heterocycles. The number of rotatable bonds is 26. The van der Waals surface area contributed by atoms with Crippen molar-refractivity contribution in [1.29, 1.82) is 0 Å². The highest BCUT2D eigenvalue weighted by molar-refractivity contribution is 7.94. The summed E-state index contributed by atoms with van der Waals surface area (Å²) in [7, 11) is -7.67. The number of hydrogen-bond acceptors (Lipinski definition) is 19. The number of ether oxygens (including phenoxy) is 3. The molecule has 2 aromatic heterocycles. The van der Waals surface area contributed by atoms with Crippen LogP contribution >= 0.6 is 23.2 Å². The Labute approximate surface area is 499 Å². The average Bonchev–Trinajstić information content (AvgIpc) is 1.74. The van der Waals surface area contributed by atoms with Gasteiger partial charge >= 0.3 is 30.3 Å². The predicted molar refractivity (Wildman–Crippen MR) is 302 cm³/mol. The monoisotopic (exact) mass is 1280 g/mol. The Morgan fingerprint density at radius 2 is 0.919 bits per heavy atom. The van der Waals surface area contributed by atoms with E-state index in [0.717, 1.165) is 36.8 Å². The second-order valence-corrected chi connectivity index (χ2v) is 27.2. The van der Waals surface area contributed by atoms with Gasteiger partial charge < -0.3 is 30.0 Å². The molecule has 4 saturated carbocycles. The van der Waals surface area contributed by atoms with Crippen molar-refractivity contribution in [2.24, 2.45) is 0 Å². The van der Waals surface area contributed by atoms with E-state index in [-0.39, 0.29) is 60.5 Å². The second-order valence-electron chi connectivity index (χ2n) is 21.6. The van der Waals surface area contributed by atoms with Crippen LogP contribution in [0.2, 0.25) is 10.0 Å². The van der Waals surface area contributed by atoms with Crippen molar-refractivity contribution >= 4 is 72.3 Å². The number of carbonyl (C=O) groups is 3. The maximum absolute atomic E-state index is 13.0. The van der Waals surface area contributed by atoms with Gasteiger partial charge in [-0.25, -0.2) is 16.8 Å². The van der Waals surface area contributed by atoms with Crippen LogP contribution in [0.25, 0.3) is 0 Å². The molecular formula is C57H56Cl2F6N8O11S2. The number of ketones is 2. The Morgan fingerprint density at radius 1 is 0.547 bits per heavy atom. The van der Waals surface area contributed by atoms with Gasteiger partial charge in [-0.3, -0.25) is 14.4 Å². The van der Waals surface area contributed by atoms with E-state index >= 15 is 0 Å². The third kappa shape index (κ3) is 16.1. The van der Waals surface area contributed by atoms with Crippen molar-refractivity contribution in [3.05, 3.63) is 152 Å². The molecule has 0 aliphatic heterocycles. The number of halogens is 8. The normalized spacial score (nSPS) is 16.8. The summed E-state index contributed by atoms with van der Waals surface area (Å²) in [5, 5.41) is 17.0. The van der Waals surface area contributed by atoms with Crippen molar-refractivity contribution in [1.82, 2.24) is 29.9 Å². The van der Waals surface area contributed by atoms with Crippen LogP contribution in [0.15, 0.2) is 97.1 Å². The zero-order valence-electron chi connectivity index (χ0n) is 45.8. The highest BCUT2D eigenvalue weighted by Crippen LogP contribution is 2.50. The molecule has 0 unspecified atom stereocenters. The first kappa shape index (κ1) is 63.4. The molecule has 29 heteroatoms. The summed E-state index contributed by atoms with van der Waals surface area (Å²) < 4.78 is 140. The molecule has 3 N–H and O–H groups in total. The summed E-state index contributed by atoms with van der Waals surface area (Å²) >= 11 is 12.0. The molecule has 4 aromatic carbocycles. The third-order valence-corrected chi connectivity index (χ3v) is 20.5. The molecule has 4 fully saturated rings. The van der Waals surface area contributed by atoms with Crippen molar-refractivity contribution in [2.45, 2.75) is 110 Å². The van der Waals surface area contributed by atoms with E-state index in [1.54, 1.807) is 55.5 Å². The SMILES string of the molecule is CCC(=O)OCC1(S(=O)(=O)CC(=O)c2ccc(Cc3nc(NC4(c5ccc(Cl)cc5)CC4)nc(OCC(F)(F)F)n3)cc2)CC1.O=C(CS(=O)(=O)C1(CO)CC1)c1ccc(Cc2nc(NC3(c4ccc(Cl)cc4)CC3)nc(OCC(F)(F)F)n2)cc1. The van der Waals surface area contributed by atoms with Crippen molar-refractivity contribution < 1.29 is 76.9 Å². The fraction of sp³-hybridized carbons (Fsp3) is 0.421. The van der Waals surface area contributed by atoms with Crippen LogP contribution < -0.4 is 20.1 Å². The third-order valence-electron chi connectivity index (χ3n) is 15.0. The molecule has 0 saturated heterocycles. The van der Waals surface area contributed by atoms with Gasteiger partial charge in [-0.2, -0.15) is 56.2 Å². The highest BCUT2D eigenvalue weighted by Gasteiger charge is 2.56. The topological polar surface area (TPSA) is 269 Å². The van der Waals surface area contributed by atoms with Crippen LogP contribution in [0.5, 0.6) is 12.0 Å². The highest BCUT2D eigenvalue weighted by atomic mass is 35.5. The van der Waals surface area contributed by atoms with E-state index in [1.165, 1.54) is 24.3 Å². The number of aromatic nitrogens is 6. The first-order chi connectivity index (χ1) is 40.5. The van der Waals surface area contributed by atoms with Gasteiger partial charge in [0.2, 0.25) is 11.9 Å². The number of alkyl halides is 6. The molecule has 0 bridgehead atoms. The van der Waals surface area contributed by atoms with E-state index in [1.807, 2.05) is 24.3 Å². The van der Waals surface area contributed by atoms with Gasteiger partial charge in [-0.1, -0.05) is 103 Å². The number of Topliss-reactive ketones (excluding diaryl/α,β-unsaturated/α-hetero) is 2. The van der Waals surface area contributed by atoms with Crippen LogP contribution in [-0.4, -0.2) is 129 Å². The smallest absolute Gasteiger partial charge is 0.422 e. The van der Waals surface area contributed by atoms with Gasteiger partial charge in [-0.05, 0) is 97.9 Å². The van der Waals surface area contributed by atoms with E-state index in [2.05, 4.69) is 40.5 Å². The van der Waals surface area contributed by atoms with Gasteiger partial charge in [0.05, 0.1) is 22.4 Å². The number of nitrogens with zero attached hydrogens (tertiary/aromatic N) is 6. The fourth-order valence-corrected chi connectivity index (χ4v) is 13.0. The summed E-state index contributed by atoms with van der Waals surface area (Å²) in [6.07, 6.45) is -4.66. The van der Waals surface area contributed by atoms with Crippen LogP contribution in [0, 0.1) is 0 Å². The van der Waals surface area contributed by atoms with Crippen molar-refractivity contribution in [3.8, 4) is 12.0 Å². The summed E-state index contributed by atoms with van der Waals surface area (Å²) in [4.78, 5) is 62.0. The number of benzene rings is 4. The first-order valence-corrected chi connectivity index (χ1v) is 31.0. The molecule has 458 valence electrons. The molecule has 0 radical (unpaired) electrons. The largest absolute Gasteiger partial charge is 0.464 e. The van der Waals surface area contributed by atoms with Gasteiger partial charge in [-0.15, -0.1) is 0 Å². The predicted octanol–water partition coefficient (Wildman–Crippen LogP) is 9.52. The number of hydrogen-bond donors (Lipinski definition) is 3. The van der Waals surface area contributed by atoms with Crippen LogP contribution in [0.3, 0.4) is 0 Å². The van der Waals surface area contributed by atoms with Gasteiger partial charge in [0.1, 0.15) is 34.5 Å². The second kappa shape index (κ2) is 25.0. The number of aliphatic hydroxyl groups excluding tert-OH is 1. The molecule has 0 spiro atoms. The number of sulfone groups is 2. The summed E-state index contributed by atoms with van der Waals surface area (Å²) in [5.74, 6) is -2.80. The van der Waals surface area contributed by atoms with Gasteiger partial charge in [0, 0.05) is 40.4 Å². The standard InChI is InChI=1S/C30H30ClF3N4O6S.C27H26ClF3N4O5S/c1-2-25(40)43-17-28(11-12-28)45(41,42)16-23(39)20-5-3-19(4-6-20)15-24-35-26(37-27(36-24)44-18-30(32,33)34)38-29(13-14-29)21-7-9-22(31)10-8-21;28-20-7-5-19(6-8-20)26(11-12-26)35-23-32-22(33-24(34-23)40-16-27(29,30)31)13-17-1-3-18(4-2-17)21(37)14-41(38,39)25(15-36)9-10-25/h3-10H,2,11-18H2,1H3,(H,35,36,37,38);1-8,36H,9-16H2,(H,32,33,34,35). The Kier molecular flexibility index (Phi) is 18.4. The van der Waals surface area contributed by atoms with E-state index in [9.17, 15) is 62.7 Å². The number of carbonyl (C=O) groups excluding carboxylic acids is 3. The van der Waals surface area contributed by atoms with E-state index in [0.29, 0.717) is 46.9 Å². The fourth-order valence-electron chi connectivity index (χ4n) is 9.18. The van der Waals surface area contributed by atoms with Crippen molar-refractivity contribution in [2.75, 3.05) is 48.6 Å². The van der Waals surface area contributed by atoms with E-state index in [4.69, 9.17) is 37.4 Å². The van der Waals surface area contributed by atoms with Gasteiger partial charge in [0.15, 0.2) is 44.5 Å². The maximum Gasteiger partial charge on any atom is 0.422 e. The number of nitrogens with one attached hydrogen (secondary N) is 2. The maximum atomic E-state index is 13.0. The minimum atomic E-state index is -4.60. The Morgan fingerprint density at radius 3 is 1.24 bits per heavy atom. The van der Waals surface area contributed by atoms with E-state index < -0.39 is 113 Å². The zero-order valence-corrected chi connectivity index (χ0v) is 49.0. The minimum absolute atomic E-state index is 0.0419. The molecular weight excluding hydrogens is 1220 g/mol. The van der Waals surface area contributed by atoms with Gasteiger partial charge in [0.25, 0.3) is 0 Å². The van der Waals surface area contributed by atoms with Crippen LogP contribution in [-0.2, 0) is 53.1 Å². The zero-order chi connectivity index (χ0) is 61.9. The molecule has 4 aliphatic rings. The van der Waals surface area contributed by atoms with Crippen molar-refractivity contribution in [3.63, 3.8) is 0 Å². The number of esters is 1. The average molecular weight is 1280 g/mol. The Hall–Kier alpha value is -7.07. The molecule has 0 amide bonds. The summed E-state index contributed by atoms with van der Waals surface area (Å²) in [6, 6.07) is 25.6. The molecule has 19 nitrogen and oxygen atoms in total. The molecule has 86 heavy (non-hydrogen) atoms. The Bertz CT molecular complexity index is 3700. The van der Waals surface area contributed by atoms with Crippen LogP contribution in [0.1, 0.15) is 119 Å². The minimum Gasteiger partial charge on any atom is -0.464 e. The lowest BCUT2D eigenvalue weighted by atomic mass is 10.1. The number of aliphatic hydroxyl groups is 1. The lowest BCUT2D eigenvalue weighted by Crippen LogP contribution is -2.34. The summed E-state index contributed by atoms with van der Waals surface area (Å²) in [5.41, 5.74) is 2.41.